The van der Waals surface area contributed by atoms with E-state index in [2.05, 4.69) is 10.6 Å². The van der Waals surface area contributed by atoms with Crippen LogP contribution in [-0.2, 0) is 14.3 Å². The summed E-state index contributed by atoms with van der Waals surface area (Å²) in [5, 5.41) is 5.38. The fourth-order valence-corrected chi connectivity index (χ4v) is 1.53. The fraction of sp³-hybridized carbons (Fsp3) is 0.429. The van der Waals surface area contributed by atoms with E-state index in [9.17, 15) is 9.59 Å². The van der Waals surface area contributed by atoms with Crippen LogP contribution >= 0.6 is 0 Å². The lowest BCUT2D eigenvalue weighted by atomic mass is 10.0. The lowest BCUT2D eigenvalue weighted by Crippen LogP contribution is -2.39. The van der Waals surface area contributed by atoms with Crippen LogP contribution in [0.25, 0.3) is 0 Å². The van der Waals surface area contributed by atoms with Gasteiger partial charge in [0.15, 0.2) is 0 Å². The first-order valence-electron chi connectivity index (χ1n) is 6.39. The van der Waals surface area contributed by atoms with Crippen LogP contribution in [0.2, 0.25) is 0 Å². The molecule has 0 aromatic heterocycles. The number of carbonyl (C=O) groups excluding carboxylic acids is 2. The molecule has 0 heterocycles. The first-order chi connectivity index (χ1) is 9.43. The number of ether oxygens (including phenoxy) is 1. The van der Waals surface area contributed by atoms with Crippen LogP contribution in [-0.4, -0.2) is 31.6 Å². The first kappa shape index (κ1) is 16.1. The van der Waals surface area contributed by atoms with Gasteiger partial charge in [0.05, 0.1) is 6.04 Å². The van der Waals surface area contributed by atoms with Crippen LogP contribution in [0.4, 0.5) is 11.4 Å². The maximum absolute atomic E-state index is 11.8. The highest BCUT2D eigenvalue weighted by Gasteiger charge is 2.17. The second kappa shape index (κ2) is 7.62. The van der Waals surface area contributed by atoms with Gasteiger partial charge in [-0.25, -0.2) is 0 Å². The maximum atomic E-state index is 11.8. The van der Waals surface area contributed by atoms with E-state index in [0.29, 0.717) is 11.4 Å². The molecule has 1 rings (SSSR count). The lowest BCUT2D eigenvalue weighted by molar-refractivity contribution is -0.119. The number of benzene rings is 1. The second-order valence-electron chi connectivity index (χ2n) is 4.82. The van der Waals surface area contributed by atoms with Gasteiger partial charge in [0.1, 0.15) is 6.61 Å². The van der Waals surface area contributed by atoms with Gasteiger partial charge < -0.3 is 21.1 Å². The minimum absolute atomic E-state index is 0.0190. The molecule has 6 nitrogen and oxygen atoms in total. The molecule has 1 aromatic rings. The molecule has 20 heavy (non-hydrogen) atoms. The van der Waals surface area contributed by atoms with Crippen LogP contribution in [0, 0.1) is 5.92 Å². The molecule has 1 atom stereocenters. The lowest BCUT2D eigenvalue weighted by Gasteiger charge is -2.15. The van der Waals surface area contributed by atoms with Gasteiger partial charge in [-0.05, 0) is 24.1 Å². The topological polar surface area (TPSA) is 93.5 Å². The molecule has 0 unspecified atom stereocenters. The van der Waals surface area contributed by atoms with Gasteiger partial charge in [-0.15, -0.1) is 0 Å². The van der Waals surface area contributed by atoms with E-state index in [1.165, 1.54) is 7.11 Å². The average Bonchev–Trinajstić information content (AvgIpc) is 2.38. The van der Waals surface area contributed by atoms with Gasteiger partial charge in [-0.1, -0.05) is 19.9 Å². The molecular formula is C14H21N3O3. The van der Waals surface area contributed by atoms with Crippen molar-refractivity contribution < 1.29 is 14.3 Å². The highest BCUT2D eigenvalue weighted by atomic mass is 16.5. The van der Waals surface area contributed by atoms with Gasteiger partial charge >= 0.3 is 0 Å². The van der Waals surface area contributed by atoms with E-state index in [1.807, 2.05) is 13.8 Å². The Balaban J connectivity index is 2.68. The van der Waals surface area contributed by atoms with Crippen LogP contribution < -0.4 is 16.4 Å². The summed E-state index contributed by atoms with van der Waals surface area (Å²) in [7, 11) is 1.45. The standard InChI is InChI=1S/C14H21N3O3/c1-9(2)13(15)14(19)17-11-6-4-5-10(7-11)16-12(18)8-20-3/h4-7,9,13H,8,15H2,1-3H3,(H,16,18)(H,17,19)/t13-/m1/s1. The average molecular weight is 279 g/mol. The Bertz CT molecular complexity index is 474. The van der Waals surface area contributed by atoms with Gasteiger partial charge in [-0.2, -0.15) is 0 Å². The monoisotopic (exact) mass is 279 g/mol. The summed E-state index contributed by atoms with van der Waals surface area (Å²) < 4.78 is 4.73. The highest BCUT2D eigenvalue weighted by molar-refractivity contribution is 5.96. The number of hydrogen-bond acceptors (Lipinski definition) is 4. The summed E-state index contributed by atoms with van der Waals surface area (Å²) >= 11 is 0. The number of nitrogens with one attached hydrogen (secondary N) is 2. The summed E-state index contributed by atoms with van der Waals surface area (Å²) in [5.74, 6) is -0.449. The molecular weight excluding hydrogens is 258 g/mol. The smallest absolute Gasteiger partial charge is 0.250 e. The Morgan fingerprint density at radius 3 is 2.40 bits per heavy atom. The van der Waals surface area contributed by atoms with Crippen molar-refractivity contribution in [3.63, 3.8) is 0 Å². The third-order valence-electron chi connectivity index (χ3n) is 2.71. The molecule has 0 radical (unpaired) electrons. The maximum Gasteiger partial charge on any atom is 0.250 e. The largest absolute Gasteiger partial charge is 0.375 e. The van der Waals surface area contributed by atoms with E-state index < -0.39 is 6.04 Å². The molecule has 0 aliphatic rings. The third kappa shape index (κ3) is 4.99. The van der Waals surface area contributed by atoms with Crippen molar-refractivity contribution in [3.05, 3.63) is 24.3 Å². The first-order valence-corrected chi connectivity index (χ1v) is 6.39. The van der Waals surface area contributed by atoms with Crippen LogP contribution in [0.15, 0.2) is 24.3 Å². The van der Waals surface area contributed by atoms with Crippen molar-refractivity contribution in [2.45, 2.75) is 19.9 Å². The van der Waals surface area contributed by atoms with E-state index in [-0.39, 0.29) is 24.3 Å². The normalized spacial score (nSPS) is 12.1. The van der Waals surface area contributed by atoms with Crippen molar-refractivity contribution in [1.82, 2.24) is 0 Å². The number of methoxy groups -OCH3 is 1. The fourth-order valence-electron chi connectivity index (χ4n) is 1.53. The van der Waals surface area contributed by atoms with Crippen molar-refractivity contribution >= 4 is 23.2 Å². The SMILES string of the molecule is COCC(=O)Nc1cccc(NC(=O)[C@H](N)C(C)C)c1. The highest BCUT2D eigenvalue weighted by Crippen LogP contribution is 2.15. The predicted molar refractivity (Wildman–Crippen MR) is 78.4 cm³/mol. The Kier molecular flexibility index (Phi) is 6.14. The number of rotatable bonds is 6. The third-order valence-corrected chi connectivity index (χ3v) is 2.71. The van der Waals surface area contributed by atoms with Gasteiger partial charge in [0, 0.05) is 18.5 Å². The number of nitrogens with two attached hydrogens (primary N) is 1. The molecule has 6 heteroatoms. The zero-order chi connectivity index (χ0) is 15.1. The predicted octanol–water partition coefficient (Wildman–Crippen LogP) is 1.19. The van der Waals surface area contributed by atoms with Gasteiger partial charge in [0.2, 0.25) is 11.8 Å². The van der Waals surface area contributed by atoms with Crippen LogP contribution in [0.1, 0.15) is 13.8 Å². The quantitative estimate of drug-likeness (QED) is 0.729. The molecule has 0 saturated heterocycles. The number of anilines is 2. The molecule has 0 fully saturated rings. The summed E-state index contributed by atoms with van der Waals surface area (Å²) in [6, 6.07) is 6.29. The van der Waals surface area contributed by atoms with Gasteiger partial charge in [0.25, 0.3) is 0 Å². The molecule has 0 aliphatic carbocycles. The zero-order valence-electron chi connectivity index (χ0n) is 12.0. The van der Waals surface area contributed by atoms with Gasteiger partial charge in [-0.3, -0.25) is 9.59 Å². The van der Waals surface area contributed by atoms with Crippen molar-refractivity contribution in [2.24, 2.45) is 11.7 Å². The molecule has 1 aromatic carbocycles. The van der Waals surface area contributed by atoms with E-state index in [0.717, 1.165) is 0 Å². The molecule has 2 amide bonds. The number of carbonyl (C=O) groups is 2. The summed E-state index contributed by atoms with van der Waals surface area (Å²) in [6.07, 6.45) is 0. The molecule has 0 bridgehead atoms. The van der Waals surface area contributed by atoms with Crippen molar-refractivity contribution in [1.29, 1.82) is 0 Å². The van der Waals surface area contributed by atoms with Crippen LogP contribution in [0.3, 0.4) is 0 Å². The zero-order valence-corrected chi connectivity index (χ0v) is 12.0. The number of amides is 2. The minimum Gasteiger partial charge on any atom is -0.375 e. The van der Waals surface area contributed by atoms with E-state index in [4.69, 9.17) is 10.5 Å². The Hall–Kier alpha value is -1.92. The van der Waals surface area contributed by atoms with E-state index >= 15 is 0 Å². The summed E-state index contributed by atoms with van der Waals surface area (Å²) in [4.78, 5) is 23.2. The Morgan fingerprint density at radius 1 is 1.25 bits per heavy atom. The Labute approximate surface area is 118 Å². The summed E-state index contributed by atoms with van der Waals surface area (Å²) in [5.41, 5.74) is 6.94. The number of hydrogen-bond donors (Lipinski definition) is 3. The van der Waals surface area contributed by atoms with E-state index in [1.54, 1.807) is 24.3 Å². The van der Waals surface area contributed by atoms with Crippen molar-refractivity contribution in [2.75, 3.05) is 24.4 Å². The van der Waals surface area contributed by atoms with Crippen LogP contribution in [0.5, 0.6) is 0 Å². The molecule has 110 valence electrons. The minimum atomic E-state index is -0.568. The molecule has 0 aliphatic heterocycles. The molecule has 0 spiro atoms. The second-order valence-corrected chi connectivity index (χ2v) is 4.82. The summed E-state index contributed by atoms with van der Waals surface area (Å²) in [6.45, 7) is 3.74. The Morgan fingerprint density at radius 2 is 1.85 bits per heavy atom. The molecule has 4 N–H and O–H groups in total. The molecule has 0 saturated carbocycles. The van der Waals surface area contributed by atoms with Crippen molar-refractivity contribution in [3.8, 4) is 0 Å².